The Labute approximate surface area is 229 Å². The first-order valence-corrected chi connectivity index (χ1v) is 13.0. The summed E-state index contributed by atoms with van der Waals surface area (Å²) in [4.78, 5) is 27.1. The summed E-state index contributed by atoms with van der Waals surface area (Å²) in [6.07, 6.45) is 1.81. The highest BCUT2D eigenvalue weighted by atomic mass is 16.5. The van der Waals surface area contributed by atoms with Crippen molar-refractivity contribution in [2.75, 3.05) is 41.3 Å². The minimum absolute atomic E-state index is 0.0120. The molecule has 0 unspecified atom stereocenters. The van der Waals surface area contributed by atoms with Crippen molar-refractivity contribution in [3.8, 4) is 22.9 Å². The quantitative estimate of drug-likeness (QED) is 0.283. The summed E-state index contributed by atoms with van der Waals surface area (Å²) in [5, 5.41) is 18.7. The van der Waals surface area contributed by atoms with Crippen LogP contribution in [0.2, 0.25) is 0 Å². The number of aryl methyl sites for hydroxylation is 1. The van der Waals surface area contributed by atoms with Crippen LogP contribution in [0.15, 0.2) is 42.6 Å². The summed E-state index contributed by atoms with van der Waals surface area (Å²) in [7, 11) is 7.61. The predicted octanol–water partition coefficient (Wildman–Crippen LogP) is 3.46. The predicted molar refractivity (Wildman–Crippen MR) is 152 cm³/mol. The molecule has 0 aliphatic rings. The molecule has 0 fully saturated rings. The molecule has 206 valence electrons. The average Bonchev–Trinajstić information content (AvgIpc) is 3.27. The molecule has 4 rings (SSSR count). The summed E-state index contributed by atoms with van der Waals surface area (Å²) in [5.74, 6) is 0.501. The number of carbonyl (C=O) groups is 1. The van der Waals surface area contributed by atoms with Gasteiger partial charge in [-0.15, -0.1) is 0 Å². The van der Waals surface area contributed by atoms with Gasteiger partial charge >= 0.3 is 0 Å². The molecular weight excluding hydrogens is 494 g/mol. The number of ether oxygens (including phenoxy) is 1. The molecule has 0 aliphatic heterocycles. The molecule has 39 heavy (non-hydrogen) atoms. The van der Waals surface area contributed by atoms with Gasteiger partial charge in [0, 0.05) is 55.4 Å². The zero-order chi connectivity index (χ0) is 28.1. The summed E-state index contributed by atoms with van der Waals surface area (Å²) in [6, 6.07) is 11.0. The number of aromatic nitrogens is 4. The number of amides is 1. The van der Waals surface area contributed by atoms with Gasteiger partial charge in [0.05, 0.1) is 11.7 Å². The highest BCUT2D eigenvalue weighted by molar-refractivity contribution is 6.05. The van der Waals surface area contributed by atoms with Crippen molar-refractivity contribution in [3.63, 3.8) is 0 Å². The van der Waals surface area contributed by atoms with Crippen molar-refractivity contribution in [2.45, 2.75) is 33.5 Å². The fourth-order valence-corrected chi connectivity index (χ4v) is 4.44. The van der Waals surface area contributed by atoms with E-state index in [2.05, 4.69) is 15.3 Å². The monoisotopic (exact) mass is 531 g/mol. The number of benzene rings is 2. The number of fused-ring (bicyclic) bond motifs is 1. The van der Waals surface area contributed by atoms with Crippen molar-refractivity contribution < 1.29 is 14.6 Å². The standard InChI is InChI=1S/C29H37N7O3/c1-7-36-19(2)22(16-31-36)18-35(6)29(38)27-23-14-20(17-34(4)5)8-10-24(23)32-28(33-27)21-9-11-26(25(37)15-21)39-13-12-30-3/h8-11,14-16,30,37H,7,12-13,17-18H2,1-6H3. The number of aromatic hydroxyl groups is 1. The SMILES string of the molecule is CCn1ncc(CN(C)C(=O)c2nc(-c3ccc(OCCNC)c(O)c3)nc3ccc(CN(C)C)cc23)c1C. The second kappa shape index (κ2) is 12.2. The minimum Gasteiger partial charge on any atom is -0.504 e. The number of likely N-dealkylation sites (N-methyl/N-ethyl adjacent to an activating group) is 1. The number of hydrogen-bond acceptors (Lipinski definition) is 8. The van der Waals surface area contributed by atoms with Crippen LogP contribution >= 0.6 is 0 Å². The van der Waals surface area contributed by atoms with Crippen molar-refractivity contribution >= 4 is 16.8 Å². The second-order valence-electron chi connectivity index (χ2n) is 9.85. The van der Waals surface area contributed by atoms with E-state index in [1.54, 1.807) is 30.1 Å². The Morgan fingerprint density at radius 1 is 1.10 bits per heavy atom. The van der Waals surface area contributed by atoms with Crippen LogP contribution in [0.5, 0.6) is 11.5 Å². The van der Waals surface area contributed by atoms with Gasteiger partial charge in [-0.2, -0.15) is 5.10 Å². The molecule has 2 aromatic heterocycles. The molecule has 10 heteroatoms. The number of rotatable bonds is 11. The molecule has 2 N–H and O–H groups in total. The molecule has 0 saturated carbocycles. The van der Waals surface area contributed by atoms with Crippen LogP contribution in [0, 0.1) is 6.92 Å². The van der Waals surface area contributed by atoms with Gasteiger partial charge < -0.3 is 25.0 Å². The topological polar surface area (TPSA) is 109 Å². The van der Waals surface area contributed by atoms with Gasteiger partial charge in [0.2, 0.25) is 0 Å². The van der Waals surface area contributed by atoms with E-state index in [1.807, 2.05) is 64.1 Å². The molecule has 1 amide bonds. The average molecular weight is 532 g/mol. The van der Waals surface area contributed by atoms with Gasteiger partial charge in [0.1, 0.15) is 12.3 Å². The minimum atomic E-state index is -0.217. The van der Waals surface area contributed by atoms with Crippen LogP contribution in [0.3, 0.4) is 0 Å². The van der Waals surface area contributed by atoms with Gasteiger partial charge in [-0.1, -0.05) is 6.07 Å². The van der Waals surface area contributed by atoms with Crippen LogP contribution in [0.1, 0.15) is 34.2 Å². The van der Waals surface area contributed by atoms with E-state index < -0.39 is 0 Å². The number of hydrogen-bond donors (Lipinski definition) is 2. The molecule has 4 aromatic rings. The first-order chi connectivity index (χ1) is 18.7. The lowest BCUT2D eigenvalue weighted by Gasteiger charge is -2.19. The first kappa shape index (κ1) is 28.0. The van der Waals surface area contributed by atoms with E-state index in [-0.39, 0.29) is 11.7 Å². The highest BCUT2D eigenvalue weighted by Crippen LogP contribution is 2.32. The van der Waals surface area contributed by atoms with Crippen molar-refractivity contribution in [2.24, 2.45) is 0 Å². The largest absolute Gasteiger partial charge is 0.504 e. The van der Waals surface area contributed by atoms with E-state index >= 15 is 0 Å². The summed E-state index contributed by atoms with van der Waals surface area (Å²) < 4.78 is 7.54. The summed E-state index contributed by atoms with van der Waals surface area (Å²) in [6.45, 7) is 7.02. The molecular formula is C29H37N7O3. The Morgan fingerprint density at radius 2 is 1.90 bits per heavy atom. The third-order valence-corrected chi connectivity index (χ3v) is 6.55. The van der Waals surface area contributed by atoms with E-state index in [1.165, 1.54) is 0 Å². The van der Waals surface area contributed by atoms with E-state index in [9.17, 15) is 9.90 Å². The molecule has 0 radical (unpaired) electrons. The number of phenolic OH excluding ortho intramolecular Hbond substituents is 1. The normalized spacial score (nSPS) is 11.4. The van der Waals surface area contributed by atoms with Gasteiger partial charge in [-0.25, -0.2) is 9.97 Å². The molecule has 2 heterocycles. The van der Waals surface area contributed by atoms with Crippen LogP contribution in [0.25, 0.3) is 22.3 Å². The van der Waals surface area contributed by atoms with E-state index in [0.717, 1.165) is 29.9 Å². The molecule has 0 saturated heterocycles. The molecule has 0 aliphatic carbocycles. The molecule has 0 bridgehead atoms. The number of nitrogens with one attached hydrogen (secondary N) is 1. The fraction of sp³-hybridized carbons (Fsp3) is 0.379. The number of nitrogens with zero attached hydrogens (tertiary/aromatic N) is 6. The van der Waals surface area contributed by atoms with E-state index in [0.29, 0.717) is 53.4 Å². The van der Waals surface area contributed by atoms with Crippen molar-refractivity contribution in [1.82, 2.24) is 34.9 Å². The Kier molecular flexibility index (Phi) is 8.78. The maximum Gasteiger partial charge on any atom is 0.273 e. The Morgan fingerprint density at radius 3 is 2.56 bits per heavy atom. The third-order valence-electron chi connectivity index (χ3n) is 6.55. The lowest BCUT2D eigenvalue weighted by atomic mass is 10.1. The Hall–Kier alpha value is -4.02. The lowest BCUT2D eigenvalue weighted by Crippen LogP contribution is -2.28. The third kappa shape index (κ3) is 6.35. The van der Waals surface area contributed by atoms with Gasteiger partial charge in [0.15, 0.2) is 17.3 Å². The zero-order valence-electron chi connectivity index (χ0n) is 23.5. The molecule has 10 nitrogen and oxygen atoms in total. The van der Waals surface area contributed by atoms with Gasteiger partial charge in [-0.05, 0) is 70.9 Å². The Balaban J connectivity index is 1.74. The number of phenols is 1. The fourth-order valence-electron chi connectivity index (χ4n) is 4.44. The van der Waals surface area contributed by atoms with Crippen LogP contribution < -0.4 is 10.1 Å². The highest BCUT2D eigenvalue weighted by Gasteiger charge is 2.22. The van der Waals surface area contributed by atoms with Gasteiger partial charge in [-0.3, -0.25) is 9.48 Å². The van der Waals surface area contributed by atoms with E-state index in [4.69, 9.17) is 14.7 Å². The van der Waals surface area contributed by atoms with Crippen LogP contribution in [0.4, 0.5) is 0 Å². The van der Waals surface area contributed by atoms with Crippen LogP contribution in [-0.4, -0.2) is 81.9 Å². The second-order valence-corrected chi connectivity index (χ2v) is 9.85. The molecule has 2 aromatic carbocycles. The zero-order valence-corrected chi connectivity index (χ0v) is 23.5. The maximum atomic E-state index is 13.9. The Bertz CT molecular complexity index is 1470. The summed E-state index contributed by atoms with van der Waals surface area (Å²) in [5.41, 5.74) is 4.63. The number of carbonyl (C=O) groups excluding carboxylic acids is 1. The maximum absolute atomic E-state index is 13.9. The molecule has 0 spiro atoms. The van der Waals surface area contributed by atoms with Gasteiger partial charge in [0.25, 0.3) is 5.91 Å². The van der Waals surface area contributed by atoms with Crippen LogP contribution in [-0.2, 0) is 19.6 Å². The van der Waals surface area contributed by atoms with Crippen molar-refractivity contribution in [3.05, 3.63) is 65.1 Å². The smallest absolute Gasteiger partial charge is 0.273 e. The lowest BCUT2D eigenvalue weighted by molar-refractivity contribution is 0.0781. The molecule has 0 atom stereocenters. The first-order valence-electron chi connectivity index (χ1n) is 13.0. The van der Waals surface area contributed by atoms with Crippen molar-refractivity contribution in [1.29, 1.82) is 0 Å². The summed E-state index contributed by atoms with van der Waals surface area (Å²) >= 11 is 0.